The zero-order valence-electron chi connectivity index (χ0n) is 11.9. The van der Waals surface area contributed by atoms with Crippen molar-refractivity contribution in [3.63, 3.8) is 0 Å². The Kier molecular flexibility index (Phi) is 8.96. The number of hydrogen-bond donors (Lipinski definition) is 1. The van der Waals surface area contributed by atoms with E-state index in [4.69, 9.17) is 5.73 Å². The molecule has 2 nitrogen and oxygen atoms in total. The molecule has 0 saturated heterocycles. The molecule has 2 N–H and O–H groups in total. The van der Waals surface area contributed by atoms with Crippen molar-refractivity contribution in [3.8, 4) is 0 Å². The molecule has 2 heteroatoms. The molecule has 16 heavy (non-hydrogen) atoms. The lowest BCUT2D eigenvalue weighted by Crippen LogP contribution is -2.51. The maximum absolute atomic E-state index is 5.94. The lowest BCUT2D eigenvalue weighted by atomic mass is 9.91. The van der Waals surface area contributed by atoms with E-state index in [1.54, 1.807) is 0 Å². The molecule has 0 aromatic carbocycles. The van der Waals surface area contributed by atoms with E-state index in [9.17, 15) is 0 Å². The van der Waals surface area contributed by atoms with E-state index in [1.807, 2.05) is 0 Å². The predicted molar refractivity (Wildman–Crippen MR) is 73.8 cm³/mol. The first-order valence-electron chi connectivity index (χ1n) is 7.08. The van der Waals surface area contributed by atoms with Crippen LogP contribution in [0.4, 0.5) is 0 Å². The summed E-state index contributed by atoms with van der Waals surface area (Å²) in [7, 11) is 2.24. The molecule has 0 saturated carbocycles. The number of rotatable bonds is 10. The number of nitrogens with two attached hydrogens (primary N) is 1. The fraction of sp³-hybridized carbons (Fsp3) is 1.00. The van der Waals surface area contributed by atoms with Crippen molar-refractivity contribution in [2.24, 2.45) is 5.73 Å². The first-order chi connectivity index (χ1) is 7.66. The molecular weight excluding hydrogens is 196 g/mol. The summed E-state index contributed by atoms with van der Waals surface area (Å²) in [6.07, 6.45) is 9.10. The molecule has 0 aromatic rings. The normalized spacial score (nSPS) is 12.4. The van der Waals surface area contributed by atoms with Crippen LogP contribution in [0, 0.1) is 0 Å². The summed E-state index contributed by atoms with van der Waals surface area (Å²) in [5.74, 6) is 0. The summed E-state index contributed by atoms with van der Waals surface area (Å²) < 4.78 is 0. The number of hydrogen-bond acceptors (Lipinski definition) is 2. The van der Waals surface area contributed by atoms with Gasteiger partial charge in [-0.05, 0) is 32.9 Å². The van der Waals surface area contributed by atoms with Crippen LogP contribution in [-0.4, -0.2) is 30.6 Å². The number of nitrogens with zero attached hydrogens (tertiary/aromatic N) is 1. The Hall–Kier alpha value is -0.0800. The molecule has 0 aromatic heterocycles. The Balaban J connectivity index is 3.88. The SMILES string of the molecule is CCCCCCCN(C)C(CC)(CC)CN. The summed E-state index contributed by atoms with van der Waals surface area (Å²) in [5.41, 5.74) is 6.18. The van der Waals surface area contributed by atoms with Crippen molar-refractivity contribution in [1.82, 2.24) is 4.90 Å². The van der Waals surface area contributed by atoms with Gasteiger partial charge in [-0.25, -0.2) is 0 Å². The second-order valence-corrected chi connectivity index (χ2v) is 4.97. The van der Waals surface area contributed by atoms with Gasteiger partial charge in [0.1, 0.15) is 0 Å². The molecule has 0 amide bonds. The van der Waals surface area contributed by atoms with Crippen LogP contribution < -0.4 is 5.73 Å². The van der Waals surface area contributed by atoms with Gasteiger partial charge in [0.25, 0.3) is 0 Å². The molecule has 0 heterocycles. The monoisotopic (exact) mass is 228 g/mol. The van der Waals surface area contributed by atoms with Gasteiger partial charge in [-0.3, -0.25) is 4.90 Å². The van der Waals surface area contributed by atoms with Crippen molar-refractivity contribution in [1.29, 1.82) is 0 Å². The summed E-state index contributed by atoms with van der Waals surface area (Å²) in [4.78, 5) is 2.49. The van der Waals surface area contributed by atoms with Gasteiger partial charge >= 0.3 is 0 Å². The van der Waals surface area contributed by atoms with Gasteiger partial charge < -0.3 is 5.73 Å². The quantitative estimate of drug-likeness (QED) is 0.581. The third kappa shape index (κ3) is 4.84. The van der Waals surface area contributed by atoms with Crippen LogP contribution in [0.3, 0.4) is 0 Å². The van der Waals surface area contributed by atoms with E-state index in [2.05, 4.69) is 32.7 Å². The van der Waals surface area contributed by atoms with Crippen molar-refractivity contribution < 1.29 is 0 Å². The fourth-order valence-corrected chi connectivity index (χ4v) is 2.42. The zero-order valence-corrected chi connectivity index (χ0v) is 11.9. The largest absolute Gasteiger partial charge is 0.329 e. The minimum absolute atomic E-state index is 0.241. The Morgan fingerprint density at radius 3 is 1.94 bits per heavy atom. The van der Waals surface area contributed by atoms with Gasteiger partial charge in [0.05, 0.1) is 0 Å². The fourth-order valence-electron chi connectivity index (χ4n) is 2.42. The lowest BCUT2D eigenvalue weighted by Gasteiger charge is -2.40. The molecule has 0 bridgehead atoms. The van der Waals surface area contributed by atoms with Crippen LogP contribution in [0.15, 0.2) is 0 Å². The van der Waals surface area contributed by atoms with Crippen LogP contribution in [-0.2, 0) is 0 Å². The average Bonchev–Trinajstić information content (AvgIpc) is 2.32. The van der Waals surface area contributed by atoms with Crippen molar-refractivity contribution in [2.45, 2.75) is 71.3 Å². The molecule has 0 rings (SSSR count). The first-order valence-corrected chi connectivity index (χ1v) is 7.08. The second-order valence-electron chi connectivity index (χ2n) is 4.97. The van der Waals surface area contributed by atoms with Gasteiger partial charge in [-0.15, -0.1) is 0 Å². The molecule has 0 aliphatic heterocycles. The molecule has 98 valence electrons. The standard InChI is InChI=1S/C14H32N2/c1-5-8-9-10-11-12-16(4)14(6-2,7-3)13-15/h5-13,15H2,1-4H3. The smallest absolute Gasteiger partial charge is 0.0323 e. The maximum Gasteiger partial charge on any atom is 0.0323 e. The minimum atomic E-state index is 0.241. The van der Waals surface area contributed by atoms with E-state index in [0.717, 1.165) is 19.4 Å². The van der Waals surface area contributed by atoms with Gasteiger partial charge in [0.2, 0.25) is 0 Å². The lowest BCUT2D eigenvalue weighted by molar-refractivity contribution is 0.113. The average molecular weight is 228 g/mol. The highest BCUT2D eigenvalue weighted by atomic mass is 15.2. The molecule has 0 aliphatic carbocycles. The van der Waals surface area contributed by atoms with Crippen molar-refractivity contribution in [3.05, 3.63) is 0 Å². The highest BCUT2D eigenvalue weighted by molar-refractivity contribution is 4.87. The van der Waals surface area contributed by atoms with Crippen LogP contribution in [0.1, 0.15) is 65.7 Å². The van der Waals surface area contributed by atoms with Crippen LogP contribution >= 0.6 is 0 Å². The van der Waals surface area contributed by atoms with E-state index < -0.39 is 0 Å². The predicted octanol–water partition coefficient (Wildman–Crippen LogP) is 3.41. The van der Waals surface area contributed by atoms with Gasteiger partial charge in [0, 0.05) is 12.1 Å². The third-order valence-corrected chi connectivity index (χ3v) is 4.10. The van der Waals surface area contributed by atoms with E-state index in [0.29, 0.717) is 0 Å². The minimum Gasteiger partial charge on any atom is -0.329 e. The zero-order chi connectivity index (χ0) is 12.4. The second kappa shape index (κ2) is 9.00. The Morgan fingerprint density at radius 1 is 0.938 bits per heavy atom. The molecular formula is C14H32N2. The van der Waals surface area contributed by atoms with Crippen LogP contribution in [0.2, 0.25) is 0 Å². The first kappa shape index (κ1) is 15.9. The highest BCUT2D eigenvalue weighted by Gasteiger charge is 2.28. The Bertz CT molecular complexity index is 145. The summed E-state index contributed by atoms with van der Waals surface area (Å²) in [6, 6.07) is 0. The highest BCUT2D eigenvalue weighted by Crippen LogP contribution is 2.21. The molecule has 0 unspecified atom stereocenters. The maximum atomic E-state index is 5.94. The molecule has 0 aliphatic rings. The third-order valence-electron chi connectivity index (χ3n) is 4.10. The summed E-state index contributed by atoms with van der Waals surface area (Å²) in [6.45, 7) is 8.75. The molecule has 0 spiro atoms. The van der Waals surface area contributed by atoms with Crippen molar-refractivity contribution in [2.75, 3.05) is 20.1 Å². The summed E-state index contributed by atoms with van der Waals surface area (Å²) in [5, 5.41) is 0. The van der Waals surface area contributed by atoms with E-state index in [-0.39, 0.29) is 5.54 Å². The molecule has 0 radical (unpaired) electrons. The van der Waals surface area contributed by atoms with E-state index in [1.165, 1.54) is 38.6 Å². The van der Waals surface area contributed by atoms with E-state index >= 15 is 0 Å². The Labute approximate surface area is 103 Å². The Morgan fingerprint density at radius 2 is 1.50 bits per heavy atom. The van der Waals surface area contributed by atoms with Crippen LogP contribution in [0.25, 0.3) is 0 Å². The molecule has 0 fully saturated rings. The van der Waals surface area contributed by atoms with Gasteiger partial charge in [-0.2, -0.15) is 0 Å². The van der Waals surface area contributed by atoms with Gasteiger partial charge in [-0.1, -0.05) is 46.5 Å². The number of likely N-dealkylation sites (N-methyl/N-ethyl adjacent to an activating group) is 1. The van der Waals surface area contributed by atoms with Crippen molar-refractivity contribution >= 4 is 0 Å². The number of unbranched alkanes of at least 4 members (excludes halogenated alkanes) is 4. The topological polar surface area (TPSA) is 29.3 Å². The summed E-state index contributed by atoms with van der Waals surface area (Å²) >= 11 is 0. The van der Waals surface area contributed by atoms with Crippen LogP contribution in [0.5, 0.6) is 0 Å². The molecule has 0 atom stereocenters. The van der Waals surface area contributed by atoms with Gasteiger partial charge in [0.15, 0.2) is 0 Å².